The summed E-state index contributed by atoms with van der Waals surface area (Å²) in [5, 5.41) is 12.4. The van der Waals surface area contributed by atoms with Gasteiger partial charge in [0.15, 0.2) is 0 Å². The summed E-state index contributed by atoms with van der Waals surface area (Å²) in [7, 11) is 0. The van der Waals surface area contributed by atoms with Gasteiger partial charge in [-0.3, -0.25) is 9.97 Å². The van der Waals surface area contributed by atoms with Gasteiger partial charge in [0.25, 0.3) is 0 Å². The van der Waals surface area contributed by atoms with E-state index >= 15 is 0 Å². The maximum absolute atomic E-state index is 9.09. The minimum atomic E-state index is 0.191. The Morgan fingerprint density at radius 1 is 1.06 bits per heavy atom. The molecule has 0 fully saturated rings. The monoisotopic (exact) mass is 229 g/mol. The molecule has 2 aromatic heterocycles. The first-order valence-corrected chi connectivity index (χ1v) is 5.50. The van der Waals surface area contributed by atoms with Crippen molar-refractivity contribution in [3.05, 3.63) is 53.6 Å². The smallest absolute Gasteiger partial charge is 0.133 e. The first kappa shape index (κ1) is 11.5. The summed E-state index contributed by atoms with van der Waals surface area (Å²) < 4.78 is 0. The zero-order valence-electron chi connectivity index (χ0n) is 9.72. The Morgan fingerprint density at radius 3 is 2.59 bits per heavy atom. The Labute approximate surface area is 100 Å². The third-order valence-corrected chi connectivity index (χ3v) is 2.42. The summed E-state index contributed by atoms with van der Waals surface area (Å²) in [5.74, 6) is 0.191. The quantitative estimate of drug-likeness (QED) is 0.839. The fraction of sp³-hybridized carbons (Fsp3) is 0.231. The summed E-state index contributed by atoms with van der Waals surface area (Å²) >= 11 is 0. The highest BCUT2D eigenvalue weighted by Gasteiger charge is 1.96. The van der Waals surface area contributed by atoms with Gasteiger partial charge in [-0.05, 0) is 30.7 Å². The number of hydrogen-bond acceptors (Lipinski definition) is 4. The highest BCUT2D eigenvalue weighted by Crippen LogP contribution is 2.06. The molecule has 0 bridgehead atoms. The van der Waals surface area contributed by atoms with Gasteiger partial charge < -0.3 is 10.4 Å². The molecule has 17 heavy (non-hydrogen) atoms. The van der Waals surface area contributed by atoms with Gasteiger partial charge in [-0.15, -0.1) is 0 Å². The predicted octanol–water partition coefficient (Wildman–Crippen LogP) is 1.78. The second kappa shape index (κ2) is 5.41. The molecule has 2 N–H and O–H groups in total. The van der Waals surface area contributed by atoms with Gasteiger partial charge in [0, 0.05) is 25.0 Å². The number of rotatable bonds is 4. The first-order chi connectivity index (χ1) is 8.24. The van der Waals surface area contributed by atoms with Crippen LogP contribution in [0.4, 0.5) is 0 Å². The van der Waals surface area contributed by atoms with Crippen LogP contribution in [0, 0.1) is 6.92 Å². The maximum Gasteiger partial charge on any atom is 0.133 e. The molecule has 88 valence electrons. The summed E-state index contributed by atoms with van der Waals surface area (Å²) in [6, 6.07) is 7.49. The summed E-state index contributed by atoms with van der Waals surface area (Å²) in [4.78, 5) is 8.32. The van der Waals surface area contributed by atoms with E-state index in [1.807, 2.05) is 19.2 Å². The molecule has 0 aliphatic heterocycles. The highest BCUT2D eigenvalue weighted by atomic mass is 16.3. The second-order valence-electron chi connectivity index (χ2n) is 3.92. The van der Waals surface area contributed by atoms with Crippen molar-refractivity contribution >= 4 is 0 Å². The zero-order valence-corrected chi connectivity index (χ0v) is 9.72. The van der Waals surface area contributed by atoms with Crippen molar-refractivity contribution in [1.29, 1.82) is 0 Å². The van der Waals surface area contributed by atoms with Crippen molar-refractivity contribution in [2.24, 2.45) is 0 Å². The fourth-order valence-electron chi connectivity index (χ4n) is 1.46. The van der Waals surface area contributed by atoms with Crippen LogP contribution in [0.5, 0.6) is 5.75 Å². The lowest BCUT2D eigenvalue weighted by atomic mass is 10.2. The average molecular weight is 229 g/mol. The SMILES string of the molecule is Cc1ccc(CNCc2ccc(O)cn2)cn1. The van der Waals surface area contributed by atoms with Crippen LogP contribution in [0.2, 0.25) is 0 Å². The molecular weight excluding hydrogens is 214 g/mol. The molecule has 0 aromatic carbocycles. The molecular formula is C13H15N3O. The number of nitrogens with one attached hydrogen (secondary N) is 1. The van der Waals surface area contributed by atoms with E-state index in [2.05, 4.69) is 21.4 Å². The zero-order chi connectivity index (χ0) is 12.1. The predicted molar refractivity (Wildman–Crippen MR) is 65.4 cm³/mol. The van der Waals surface area contributed by atoms with Crippen molar-refractivity contribution < 1.29 is 5.11 Å². The molecule has 0 saturated carbocycles. The first-order valence-electron chi connectivity index (χ1n) is 5.50. The van der Waals surface area contributed by atoms with Crippen molar-refractivity contribution in [3.8, 4) is 5.75 Å². The minimum Gasteiger partial charge on any atom is -0.506 e. The van der Waals surface area contributed by atoms with E-state index in [9.17, 15) is 0 Å². The van der Waals surface area contributed by atoms with Crippen LogP contribution in [-0.2, 0) is 13.1 Å². The van der Waals surface area contributed by atoms with Crippen LogP contribution in [0.3, 0.4) is 0 Å². The van der Waals surface area contributed by atoms with Gasteiger partial charge in [0.05, 0.1) is 11.9 Å². The van der Waals surface area contributed by atoms with E-state index < -0.39 is 0 Å². The van der Waals surface area contributed by atoms with Gasteiger partial charge >= 0.3 is 0 Å². The third kappa shape index (κ3) is 3.53. The number of nitrogens with zero attached hydrogens (tertiary/aromatic N) is 2. The highest BCUT2D eigenvalue weighted by molar-refractivity contribution is 5.18. The lowest BCUT2D eigenvalue weighted by Crippen LogP contribution is -2.13. The Bertz CT molecular complexity index is 420. The maximum atomic E-state index is 9.09. The lowest BCUT2D eigenvalue weighted by Gasteiger charge is -2.04. The van der Waals surface area contributed by atoms with Gasteiger partial charge in [0.1, 0.15) is 5.75 Å². The largest absolute Gasteiger partial charge is 0.506 e. The Morgan fingerprint density at radius 2 is 1.94 bits per heavy atom. The molecule has 0 unspecified atom stereocenters. The van der Waals surface area contributed by atoms with Gasteiger partial charge in [-0.1, -0.05) is 6.07 Å². The minimum absolute atomic E-state index is 0.191. The molecule has 0 spiro atoms. The molecule has 0 aliphatic rings. The summed E-state index contributed by atoms with van der Waals surface area (Å²) in [6.45, 7) is 3.40. The number of aromatic nitrogens is 2. The molecule has 2 heterocycles. The molecule has 0 atom stereocenters. The van der Waals surface area contributed by atoms with E-state index in [0.717, 1.165) is 23.5 Å². The normalized spacial score (nSPS) is 10.4. The van der Waals surface area contributed by atoms with Crippen molar-refractivity contribution in [2.45, 2.75) is 20.0 Å². The van der Waals surface area contributed by atoms with E-state index in [0.29, 0.717) is 6.54 Å². The molecule has 0 aliphatic carbocycles. The summed E-state index contributed by atoms with van der Waals surface area (Å²) in [5.41, 5.74) is 3.08. The number of pyridine rings is 2. The standard InChI is InChI=1S/C13H15N3O/c1-10-2-3-11(7-15-10)6-14-8-12-4-5-13(17)9-16-12/h2-5,7,9,14,17H,6,8H2,1H3. The van der Waals surface area contributed by atoms with Crippen molar-refractivity contribution in [2.75, 3.05) is 0 Å². The van der Waals surface area contributed by atoms with Gasteiger partial charge in [-0.25, -0.2) is 0 Å². The molecule has 4 nitrogen and oxygen atoms in total. The topological polar surface area (TPSA) is 58.0 Å². The molecule has 2 rings (SSSR count). The van der Waals surface area contributed by atoms with E-state index in [1.54, 1.807) is 12.1 Å². The Kier molecular flexibility index (Phi) is 3.67. The number of aryl methyl sites for hydroxylation is 1. The fourth-order valence-corrected chi connectivity index (χ4v) is 1.46. The third-order valence-electron chi connectivity index (χ3n) is 2.42. The van der Waals surface area contributed by atoms with Crippen LogP contribution >= 0.6 is 0 Å². The molecule has 0 amide bonds. The van der Waals surface area contributed by atoms with Crippen molar-refractivity contribution in [3.63, 3.8) is 0 Å². The van der Waals surface area contributed by atoms with Crippen LogP contribution in [0.1, 0.15) is 17.0 Å². The van der Waals surface area contributed by atoms with Crippen LogP contribution in [0.15, 0.2) is 36.7 Å². The van der Waals surface area contributed by atoms with E-state index in [4.69, 9.17) is 5.11 Å². The average Bonchev–Trinajstić information content (AvgIpc) is 2.34. The van der Waals surface area contributed by atoms with Crippen molar-refractivity contribution in [1.82, 2.24) is 15.3 Å². The Hall–Kier alpha value is -1.94. The molecule has 4 heteroatoms. The van der Waals surface area contributed by atoms with Gasteiger partial charge in [-0.2, -0.15) is 0 Å². The second-order valence-corrected chi connectivity index (χ2v) is 3.92. The van der Waals surface area contributed by atoms with Crippen LogP contribution < -0.4 is 5.32 Å². The summed E-state index contributed by atoms with van der Waals surface area (Å²) in [6.07, 6.45) is 3.32. The lowest BCUT2D eigenvalue weighted by molar-refractivity contribution is 0.471. The number of hydrogen-bond donors (Lipinski definition) is 2. The van der Waals surface area contributed by atoms with Gasteiger partial charge in [0.2, 0.25) is 0 Å². The number of aromatic hydroxyl groups is 1. The molecule has 0 saturated heterocycles. The van der Waals surface area contributed by atoms with E-state index in [1.165, 1.54) is 6.20 Å². The van der Waals surface area contributed by atoms with Crippen LogP contribution in [0.25, 0.3) is 0 Å². The van der Waals surface area contributed by atoms with E-state index in [-0.39, 0.29) is 5.75 Å². The molecule has 2 aromatic rings. The Balaban J connectivity index is 1.83. The molecule has 0 radical (unpaired) electrons. The van der Waals surface area contributed by atoms with Crippen LogP contribution in [-0.4, -0.2) is 15.1 Å².